The number of anilines is 2. The monoisotopic (exact) mass is 308 g/mol. The van der Waals surface area contributed by atoms with Crippen molar-refractivity contribution in [3.63, 3.8) is 0 Å². The maximum Gasteiger partial charge on any atom is 0.177 e. The Morgan fingerprint density at radius 1 is 1.19 bits per heavy atom. The number of rotatable bonds is 5. The first kappa shape index (κ1) is 15.3. The van der Waals surface area contributed by atoms with Crippen molar-refractivity contribution in [3.8, 4) is 0 Å². The topological polar surface area (TPSA) is 72.2 Å². The van der Waals surface area contributed by atoms with E-state index in [-0.39, 0.29) is 16.4 Å². The lowest BCUT2D eigenvalue weighted by molar-refractivity contribution is 0.602. The molecule has 112 valence electrons. The van der Waals surface area contributed by atoms with E-state index in [4.69, 9.17) is 5.73 Å². The van der Waals surface area contributed by atoms with Crippen LogP contribution in [0.1, 0.15) is 5.56 Å². The Labute approximate surface area is 123 Å². The molecule has 0 fully saturated rings. The Morgan fingerprint density at radius 2 is 1.90 bits per heavy atom. The molecule has 4 nitrogen and oxygen atoms in total. The number of halogens is 1. The summed E-state index contributed by atoms with van der Waals surface area (Å²) >= 11 is 0. The van der Waals surface area contributed by atoms with Gasteiger partial charge in [0.05, 0.1) is 16.3 Å². The van der Waals surface area contributed by atoms with Crippen molar-refractivity contribution in [2.45, 2.75) is 11.3 Å². The Bertz CT molecular complexity index is 745. The molecular formula is C15H17FN2O2S. The lowest BCUT2D eigenvalue weighted by Gasteiger charge is -2.12. The predicted octanol–water partition coefficient (Wildman–Crippen LogP) is 2.47. The van der Waals surface area contributed by atoms with E-state index in [1.807, 2.05) is 6.07 Å². The summed E-state index contributed by atoms with van der Waals surface area (Å²) in [7, 11) is -3.35. The minimum Gasteiger partial charge on any atom is -0.396 e. The van der Waals surface area contributed by atoms with Gasteiger partial charge in [-0.25, -0.2) is 12.8 Å². The van der Waals surface area contributed by atoms with Crippen molar-refractivity contribution >= 4 is 21.2 Å². The third kappa shape index (κ3) is 3.95. The quantitative estimate of drug-likeness (QED) is 0.832. The zero-order valence-corrected chi connectivity index (χ0v) is 12.5. The van der Waals surface area contributed by atoms with Crippen LogP contribution in [0.3, 0.4) is 0 Å². The Hall–Kier alpha value is -2.08. The molecule has 21 heavy (non-hydrogen) atoms. The van der Waals surface area contributed by atoms with Gasteiger partial charge in [0.2, 0.25) is 0 Å². The van der Waals surface area contributed by atoms with E-state index in [1.54, 1.807) is 18.2 Å². The number of nitrogen functional groups attached to an aromatic ring is 1. The van der Waals surface area contributed by atoms with E-state index in [2.05, 4.69) is 5.32 Å². The van der Waals surface area contributed by atoms with Gasteiger partial charge in [-0.15, -0.1) is 0 Å². The van der Waals surface area contributed by atoms with Gasteiger partial charge < -0.3 is 11.1 Å². The second-order valence-corrected chi connectivity index (χ2v) is 6.78. The summed E-state index contributed by atoms with van der Waals surface area (Å²) < 4.78 is 36.2. The molecule has 0 spiro atoms. The molecule has 2 aromatic carbocycles. The van der Waals surface area contributed by atoms with Gasteiger partial charge >= 0.3 is 0 Å². The van der Waals surface area contributed by atoms with Crippen LogP contribution in [-0.2, 0) is 16.3 Å². The van der Waals surface area contributed by atoms with Crippen LogP contribution in [-0.4, -0.2) is 21.2 Å². The lowest BCUT2D eigenvalue weighted by atomic mass is 10.1. The first-order valence-electron chi connectivity index (χ1n) is 6.45. The summed E-state index contributed by atoms with van der Waals surface area (Å²) in [6, 6.07) is 11.2. The molecule has 3 N–H and O–H groups in total. The number of hydrogen-bond donors (Lipinski definition) is 2. The SMILES string of the molecule is CS(=O)(=O)c1cccc(NCCc2cccc(F)c2)c1N. The normalized spacial score (nSPS) is 11.3. The molecule has 0 aromatic heterocycles. The molecule has 0 unspecified atom stereocenters. The van der Waals surface area contributed by atoms with Crippen molar-refractivity contribution in [1.29, 1.82) is 0 Å². The number of hydrogen-bond acceptors (Lipinski definition) is 4. The molecular weight excluding hydrogens is 291 g/mol. The number of benzene rings is 2. The first-order valence-corrected chi connectivity index (χ1v) is 8.34. The van der Waals surface area contributed by atoms with Gasteiger partial charge in [0.1, 0.15) is 5.82 Å². The molecule has 0 atom stereocenters. The maximum absolute atomic E-state index is 13.1. The van der Waals surface area contributed by atoms with Gasteiger partial charge in [-0.3, -0.25) is 0 Å². The van der Waals surface area contributed by atoms with Crippen LogP contribution in [0, 0.1) is 5.82 Å². The molecule has 2 rings (SSSR count). The van der Waals surface area contributed by atoms with Gasteiger partial charge in [0.25, 0.3) is 0 Å². The van der Waals surface area contributed by atoms with E-state index in [0.717, 1.165) is 11.8 Å². The largest absolute Gasteiger partial charge is 0.396 e. The molecule has 2 aromatic rings. The zero-order valence-electron chi connectivity index (χ0n) is 11.6. The number of para-hydroxylation sites is 1. The van der Waals surface area contributed by atoms with Crippen molar-refractivity contribution in [3.05, 3.63) is 53.8 Å². The van der Waals surface area contributed by atoms with Gasteiger partial charge in [-0.1, -0.05) is 18.2 Å². The number of nitrogens with one attached hydrogen (secondary N) is 1. The molecule has 0 saturated carbocycles. The van der Waals surface area contributed by atoms with Crippen LogP contribution < -0.4 is 11.1 Å². The molecule has 0 bridgehead atoms. The smallest absolute Gasteiger partial charge is 0.177 e. The molecule has 0 saturated heterocycles. The highest BCUT2D eigenvalue weighted by Crippen LogP contribution is 2.26. The second-order valence-electron chi connectivity index (χ2n) is 4.80. The van der Waals surface area contributed by atoms with Gasteiger partial charge in [-0.2, -0.15) is 0 Å². The second kappa shape index (κ2) is 6.13. The van der Waals surface area contributed by atoms with Crippen LogP contribution in [0.25, 0.3) is 0 Å². The molecule has 0 heterocycles. The Balaban J connectivity index is 2.07. The Kier molecular flexibility index (Phi) is 4.47. The highest BCUT2D eigenvalue weighted by Gasteiger charge is 2.13. The summed E-state index contributed by atoms with van der Waals surface area (Å²) in [6.07, 6.45) is 1.73. The van der Waals surface area contributed by atoms with E-state index >= 15 is 0 Å². The fraction of sp³-hybridized carbons (Fsp3) is 0.200. The van der Waals surface area contributed by atoms with E-state index in [1.165, 1.54) is 18.2 Å². The average Bonchev–Trinajstić information content (AvgIpc) is 2.39. The van der Waals surface area contributed by atoms with Crippen LogP contribution >= 0.6 is 0 Å². The van der Waals surface area contributed by atoms with Gasteiger partial charge in [-0.05, 0) is 36.2 Å². The fourth-order valence-corrected chi connectivity index (χ4v) is 2.89. The van der Waals surface area contributed by atoms with E-state index in [0.29, 0.717) is 18.7 Å². The highest BCUT2D eigenvalue weighted by molar-refractivity contribution is 7.90. The van der Waals surface area contributed by atoms with Crippen LogP contribution in [0.5, 0.6) is 0 Å². The van der Waals surface area contributed by atoms with Crippen LogP contribution in [0.4, 0.5) is 15.8 Å². The predicted molar refractivity (Wildman–Crippen MR) is 82.6 cm³/mol. The maximum atomic E-state index is 13.1. The summed E-state index contributed by atoms with van der Waals surface area (Å²) in [4.78, 5) is 0.109. The first-order chi connectivity index (χ1) is 9.88. The van der Waals surface area contributed by atoms with Crippen molar-refractivity contribution in [1.82, 2.24) is 0 Å². The molecule has 0 amide bonds. The van der Waals surface area contributed by atoms with Crippen molar-refractivity contribution in [2.75, 3.05) is 23.9 Å². The molecule has 0 radical (unpaired) electrons. The third-order valence-electron chi connectivity index (χ3n) is 3.08. The molecule has 0 aliphatic rings. The zero-order chi connectivity index (χ0) is 15.5. The summed E-state index contributed by atoms with van der Waals surface area (Å²) in [5.74, 6) is -0.272. The fourth-order valence-electron chi connectivity index (χ4n) is 2.06. The van der Waals surface area contributed by atoms with Gasteiger partial charge in [0.15, 0.2) is 9.84 Å². The highest BCUT2D eigenvalue weighted by atomic mass is 32.2. The van der Waals surface area contributed by atoms with E-state index in [9.17, 15) is 12.8 Å². The number of nitrogens with two attached hydrogens (primary N) is 1. The summed E-state index contributed by atoms with van der Waals surface area (Å²) in [6.45, 7) is 0.529. The Morgan fingerprint density at radius 3 is 2.57 bits per heavy atom. The standard InChI is InChI=1S/C15H17FN2O2S/c1-21(19,20)14-7-3-6-13(15(14)17)18-9-8-11-4-2-5-12(16)10-11/h2-7,10,18H,8-9,17H2,1H3. The average molecular weight is 308 g/mol. The van der Waals surface area contributed by atoms with Gasteiger partial charge in [0, 0.05) is 12.8 Å². The minimum atomic E-state index is -3.35. The summed E-state index contributed by atoms with van der Waals surface area (Å²) in [5, 5.41) is 3.08. The van der Waals surface area contributed by atoms with Crippen LogP contribution in [0.2, 0.25) is 0 Å². The third-order valence-corrected chi connectivity index (χ3v) is 4.24. The summed E-state index contributed by atoms with van der Waals surface area (Å²) in [5.41, 5.74) is 7.50. The number of sulfone groups is 1. The van der Waals surface area contributed by atoms with Crippen molar-refractivity contribution < 1.29 is 12.8 Å². The van der Waals surface area contributed by atoms with Crippen molar-refractivity contribution in [2.24, 2.45) is 0 Å². The minimum absolute atomic E-state index is 0.109. The van der Waals surface area contributed by atoms with E-state index < -0.39 is 9.84 Å². The molecule has 6 heteroatoms. The lowest BCUT2D eigenvalue weighted by Crippen LogP contribution is -2.10. The molecule has 0 aliphatic carbocycles. The molecule has 0 aliphatic heterocycles. The van der Waals surface area contributed by atoms with Crippen LogP contribution in [0.15, 0.2) is 47.4 Å².